The lowest BCUT2D eigenvalue weighted by atomic mass is 9.87. The third-order valence-corrected chi connectivity index (χ3v) is 4.55. The lowest BCUT2D eigenvalue weighted by Gasteiger charge is -2.31. The van der Waals surface area contributed by atoms with Crippen LogP contribution in [0.15, 0.2) is 36.4 Å². The van der Waals surface area contributed by atoms with Crippen LogP contribution in [0, 0.1) is 0 Å². The lowest BCUT2D eigenvalue weighted by Crippen LogP contribution is -2.44. The van der Waals surface area contributed by atoms with Gasteiger partial charge in [-0.2, -0.15) is 0 Å². The molecule has 0 saturated carbocycles. The molecule has 1 saturated heterocycles. The van der Waals surface area contributed by atoms with E-state index in [1.54, 1.807) is 0 Å². The fourth-order valence-electron chi connectivity index (χ4n) is 3.28. The lowest BCUT2D eigenvalue weighted by molar-refractivity contribution is 0.192. The molecule has 2 heterocycles. The summed E-state index contributed by atoms with van der Waals surface area (Å²) in [5, 5.41) is 3.04. The van der Waals surface area contributed by atoms with Crippen molar-refractivity contribution in [2.75, 3.05) is 5.32 Å². The quantitative estimate of drug-likeness (QED) is 0.766. The number of carbonyl (C=O) groups excluding carboxylic acids is 1. The van der Waals surface area contributed by atoms with E-state index in [1.807, 2.05) is 17.0 Å². The number of hydrogen-bond acceptors (Lipinski definition) is 1. The molecule has 112 valence electrons. The average Bonchev–Trinajstić information content (AvgIpc) is 2.68. The minimum atomic E-state index is 0.0374. The van der Waals surface area contributed by atoms with Gasteiger partial charge in [0.15, 0.2) is 0 Å². The first kappa shape index (κ1) is 14.2. The summed E-state index contributed by atoms with van der Waals surface area (Å²) in [5.74, 6) is 0. The fraction of sp³-hybridized carbons (Fsp3) is 0.500. The van der Waals surface area contributed by atoms with Crippen LogP contribution in [0.2, 0.25) is 0 Å². The first-order chi connectivity index (χ1) is 9.95. The molecule has 0 aliphatic carbocycles. The molecular weight excluding hydrogens is 260 g/mol. The molecule has 3 heteroatoms. The minimum Gasteiger partial charge on any atom is -0.315 e. The van der Waals surface area contributed by atoms with Crippen LogP contribution < -0.4 is 5.32 Å². The Morgan fingerprint density at radius 3 is 2.52 bits per heavy atom. The van der Waals surface area contributed by atoms with Gasteiger partial charge in [0.05, 0.1) is 6.04 Å². The summed E-state index contributed by atoms with van der Waals surface area (Å²) in [4.78, 5) is 14.5. The Morgan fingerprint density at radius 1 is 1.19 bits per heavy atom. The van der Waals surface area contributed by atoms with E-state index >= 15 is 0 Å². The normalized spacial score (nSPS) is 24.2. The summed E-state index contributed by atoms with van der Waals surface area (Å²) in [5.41, 5.74) is 2.29. The van der Waals surface area contributed by atoms with Crippen molar-refractivity contribution in [1.29, 1.82) is 0 Å². The van der Waals surface area contributed by atoms with E-state index in [2.05, 4.69) is 50.4 Å². The van der Waals surface area contributed by atoms with E-state index in [0.717, 1.165) is 24.9 Å². The maximum atomic E-state index is 12.5. The molecule has 2 bridgehead atoms. The van der Waals surface area contributed by atoms with Gasteiger partial charge in [0.2, 0.25) is 0 Å². The van der Waals surface area contributed by atoms with E-state index in [0.29, 0.717) is 6.04 Å². The molecule has 1 aromatic carbocycles. The molecule has 0 radical (unpaired) electrons. The number of amides is 2. The molecule has 1 fully saturated rings. The van der Waals surface area contributed by atoms with Gasteiger partial charge >= 0.3 is 6.03 Å². The summed E-state index contributed by atoms with van der Waals surface area (Å²) in [6.45, 7) is 6.58. The fourth-order valence-corrected chi connectivity index (χ4v) is 3.28. The predicted octanol–water partition coefficient (Wildman–Crippen LogP) is 4.31. The predicted molar refractivity (Wildman–Crippen MR) is 86.6 cm³/mol. The number of hydrogen-bond donors (Lipinski definition) is 1. The van der Waals surface area contributed by atoms with Gasteiger partial charge in [0.1, 0.15) is 0 Å². The molecule has 2 aliphatic rings. The second-order valence-electron chi connectivity index (χ2n) is 7.13. The minimum absolute atomic E-state index is 0.0374. The van der Waals surface area contributed by atoms with Crippen LogP contribution in [0.25, 0.3) is 0 Å². The van der Waals surface area contributed by atoms with Gasteiger partial charge in [-0.05, 0) is 42.4 Å². The van der Waals surface area contributed by atoms with Crippen molar-refractivity contribution in [3.05, 3.63) is 42.0 Å². The number of rotatable bonds is 1. The highest BCUT2D eigenvalue weighted by Gasteiger charge is 2.37. The summed E-state index contributed by atoms with van der Waals surface area (Å²) in [6, 6.07) is 8.91. The topological polar surface area (TPSA) is 32.3 Å². The number of carbonyl (C=O) groups is 1. The van der Waals surface area contributed by atoms with Gasteiger partial charge in [-0.1, -0.05) is 45.1 Å². The van der Waals surface area contributed by atoms with Gasteiger partial charge in [0.25, 0.3) is 0 Å². The first-order valence-electron chi connectivity index (χ1n) is 7.82. The molecule has 21 heavy (non-hydrogen) atoms. The standard InChI is InChI=1S/C18H24N2O/c1-18(2,3)13-7-9-14(10-8-13)19-17(21)20-15-5-4-6-16(20)12-11-15/h4-5,7-10,15-16H,6,11-12H2,1-3H3,(H,19,21)/t15-,16-/m0/s1. The third kappa shape index (κ3) is 2.82. The van der Waals surface area contributed by atoms with Crippen molar-refractivity contribution in [2.24, 2.45) is 0 Å². The van der Waals surface area contributed by atoms with Crippen LogP contribution in [-0.2, 0) is 5.41 Å². The second-order valence-corrected chi connectivity index (χ2v) is 7.13. The Hall–Kier alpha value is -1.77. The summed E-state index contributed by atoms with van der Waals surface area (Å²) < 4.78 is 0. The monoisotopic (exact) mass is 284 g/mol. The Labute approximate surface area is 127 Å². The summed E-state index contributed by atoms with van der Waals surface area (Å²) >= 11 is 0. The van der Waals surface area contributed by atoms with Crippen molar-refractivity contribution < 1.29 is 4.79 Å². The van der Waals surface area contributed by atoms with Crippen molar-refractivity contribution in [1.82, 2.24) is 4.90 Å². The van der Waals surface area contributed by atoms with Crippen LogP contribution in [0.5, 0.6) is 0 Å². The van der Waals surface area contributed by atoms with Gasteiger partial charge in [-0.3, -0.25) is 0 Å². The molecular formula is C18H24N2O. The number of nitrogens with zero attached hydrogens (tertiary/aromatic N) is 1. The highest BCUT2D eigenvalue weighted by molar-refractivity contribution is 5.90. The SMILES string of the molecule is CC(C)(C)c1ccc(NC(=O)N2[C@H]3CC=C[C@H]2CC3)cc1. The maximum absolute atomic E-state index is 12.5. The Morgan fingerprint density at radius 2 is 1.90 bits per heavy atom. The van der Waals surface area contributed by atoms with Gasteiger partial charge in [0, 0.05) is 11.7 Å². The molecule has 1 aromatic rings. The van der Waals surface area contributed by atoms with E-state index in [-0.39, 0.29) is 17.5 Å². The zero-order chi connectivity index (χ0) is 15.0. The number of urea groups is 1. The van der Waals surface area contributed by atoms with E-state index in [9.17, 15) is 4.79 Å². The smallest absolute Gasteiger partial charge is 0.315 e. The van der Waals surface area contributed by atoms with E-state index in [1.165, 1.54) is 5.56 Å². The van der Waals surface area contributed by atoms with E-state index in [4.69, 9.17) is 0 Å². The van der Waals surface area contributed by atoms with Crippen LogP contribution in [0.1, 0.15) is 45.6 Å². The van der Waals surface area contributed by atoms with Crippen LogP contribution in [0.4, 0.5) is 10.5 Å². The number of fused-ring (bicyclic) bond motifs is 2. The number of nitrogens with one attached hydrogen (secondary N) is 1. The Balaban J connectivity index is 1.69. The van der Waals surface area contributed by atoms with Crippen molar-refractivity contribution in [2.45, 2.75) is 57.5 Å². The Bertz CT molecular complexity index is 554. The molecule has 0 aromatic heterocycles. The van der Waals surface area contributed by atoms with Crippen molar-refractivity contribution in [3.8, 4) is 0 Å². The molecule has 3 rings (SSSR count). The zero-order valence-electron chi connectivity index (χ0n) is 13.1. The molecule has 0 unspecified atom stereocenters. The molecule has 0 spiro atoms. The highest BCUT2D eigenvalue weighted by atomic mass is 16.2. The van der Waals surface area contributed by atoms with Crippen LogP contribution >= 0.6 is 0 Å². The summed E-state index contributed by atoms with van der Waals surface area (Å²) in [6.07, 6.45) is 7.59. The molecule has 2 aliphatic heterocycles. The maximum Gasteiger partial charge on any atom is 0.322 e. The first-order valence-corrected chi connectivity index (χ1v) is 7.82. The second kappa shape index (κ2) is 5.21. The highest BCUT2D eigenvalue weighted by Crippen LogP contribution is 2.32. The van der Waals surface area contributed by atoms with Gasteiger partial charge < -0.3 is 10.2 Å². The van der Waals surface area contributed by atoms with Crippen molar-refractivity contribution >= 4 is 11.7 Å². The largest absolute Gasteiger partial charge is 0.322 e. The zero-order valence-corrected chi connectivity index (χ0v) is 13.1. The average molecular weight is 284 g/mol. The third-order valence-electron chi connectivity index (χ3n) is 4.55. The molecule has 2 amide bonds. The molecule has 1 N–H and O–H groups in total. The summed E-state index contributed by atoms with van der Waals surface area (Å²) in [7, 11) is 0. The van der Waals surface area contributed by atoms with Gasteiger partial charge in [-0.15, -0.1) is 0 Å². The Kier molecular flexibility index (Phi) is 3.52. The number of anilines is 1. The van der Waals surface area contributed by atoms with Crippen molar-refractivity contribution in [3.63, 3.8) is 0 Å². The van der Waals surface area contributed by atoms with E-state index < -0.39 is 0 Å². The molecule has 2 atom stereocenters. The molecule has 3 nitrogen and oxygen atoms in total. The number of benzene rings is 1. The van der Waals surface area contributed by atoms with Crippen LogP contribution in [0.3, 0.4) is 0 Å². The van der Waals surface area contributed by atoms with Gasteiger partial charge in [-0.25, -0.2) is 4.79 Å². The van der Waals surface area contributed by atoms with Crippen LogP contribution in [-0.4, -0.2) is 23.0 Å².